The zero-order chi connectivity index (χ0) is 15.7. The molecule has 1 fully saturated rings. The van der Waals surface area contributed by atoms with Crippen molar-refractivity contribution in [2.45, 2.75) is 0 Å². The SMILES string of the molecule is O=C1C(=Cc2ccc(I)cc2)SC(=S)N1c1cccc(F)c1. The van der Waals surface area contributed by atoms with Gasteiger partial charge in [0.15, 0.2) is 4.32 Å². The summed E-state index contributed by atoms with van der Waals surface area (Å²) in [5, 5.41) is 0. The molecule has 2 aromatic rings. The summed E-state index contributed by atoms with van der Waals surface area (Å²) < 4.78 is 14.9. The minimum atomic E-state index is -0.395. The van der Waals surface area contributed by atoms with E-state index in [9.17, 15) is 9.18 Å². The Balaban J connectivity index is 1.93. The standard InChI is InChI=1S/C16H9FINOS2/c17-11-2-1-3-13(9-11)19-15(20)14(22-16(19)21)8-10-4-6-12(18)7-5-10/h1-9H. The lowest BCUT2D eigenvalue weighted by molar-refractivity contribution is -0.113. The predicted molar refractivity (Wildman–Crippen MR) is 101 cm³/mol. The van der Waals surface area contributed by atoms with Crippen molar-refractivity contribution in [1.82, 2.24) is 0 Å². The minimum absolute atomic E-state index is 0.223. The van der Waals surface area contributed by atoms with Crippen molar-refractivity contribution in [1.29, 1.82) is 0 Å². The highest BCUT2D eigenvalue weighted by Gasteiger charge is 2.33. The molecule has 110 valence electrons. The highest BCUT2D eigenvalue weighted by Crippen LogP contribution is 2.36. The average molecular weight is 441 g/mol. The van der Waals surface area contributed by atoms with Gasteiger partial charge in [-0.05, 0) is 64.6 Å². The molecule has 0 saturated carbocycles. The van der Waals surface area contributed by atoms with Gasteiger partial charge in [0, 0.05) is 3.57 Å². The molecule has 1 saturated heterocycles. The van der Waals surface area contributed by atoms with E-state index in [0.29, 0.717) is 14.9 Å². The van der Waals surface area contributed by atoms with Crippen molar-refractivity contribution >= 4 is 68.6 Å². The molecule has 0 N–H and O–H groups in total. The maximum atomic E-state index is 13.4. The summed E-state index contributed by atoms with van der Waals surface area (Å²) in [6, 6.07) is 13.7. The van der Waals surface area contributed by atoms with Crippen molar-refractivity contribution in [3.8, 4) is 0 Å². The van der Waals surface area contributed by atoms with E-state index in [4.69, 9.17) is 12.2 Å². The molecule has 0 atom stereocenters. The van der Waals surface area contributed by atoms with Gasteiger partial charge in [0.1, 0.15) is 5.82 Å². The number of rotatable bonds is 2. The molecule has 22 heavy (non-hydrogen) atoms. The van der Waals surface area contributed by atoms with E-state index >= 15 is 0 Å². The van der Waals surface area contributed by atoms with Crippen LogP contribution in [0.25, 0.3) is 6.08 Å². The van der Waals surface area contributed by atoms with Crippen LogP contribution in [0.15, 0.2) is 53.4 Å². The highest BCUT2D eigenvalue weighted by molar-refractivity contribution is 14.1. The highest BCUT2D eigenvalue weighted by atomic mass is 127. The maximum Gasteiger partial charge on any atom is 0.270 e. The molecule has 0 bridgehead atoms. The Bertz CT molecular complexity index is 789. The molecule has 3 rings (SSSR count). The molecule has 1 amide bonds. The second-order valence-corrected chi connectivity index (χ2v) is 7.47. The first-order chi connectivity index (χ1) is 10.5. The van der Waals surface area contributed by atoms with E-state index in [0.717, 1.165) is 9.13 Å². The largest absolute Gasteiger partial charge is 0.270 e. The van der Waals surface area contributed by atoms with Crippen LogP contribution in [0, 0.1) is 9.39 Å². The number of hydrogen-bond acceptors (Lipinski definition) is 3. The number of benzene rings is 2. The van der Waals surface area contributed by atoms with Gasteiger partial charge in [-0.1, -0.05) is 42.2 Å². The number of halogens is 2. The number of hydrogen-bond donors (Lipinski definition) is 0. The number of carbonyl (C=O) groups excluding carboxylic acids is 1. The fraction of sp³-hybridized carbons (Fsp3) is 0. The molecule has 1 heterocycles. The van der Waals surface area contributed by atoms with E-state index in [1.165, 1.54) is 28.8 Å². The molecule has 0 unspecified atom stereocenters. The third kappa shape index (κ3) is 3.23. The number of thiocarbonyl (C=S) groups is 1. The fourth-order valence-electron chi connectivity index (χ4n) is 2.02. The maximum absolute atomic E-state index is 13.4. The number of anilines is 1. The Morgan fingerprint density at radius 2 is 1.91 bits per heavy atom. The van der Waals surface area contributed by atoms with Gasteiger partial charge >= 0.3 is 0 Å². The third-order valence-corrected chi connectivity index (χ3v) is 5.05. The zero-order valence-corrected chi connectivity index (χ0v) is 14.9. The predicted octanol–water partition coefficient (Wildman–Crippen LogP) is 4.84. The average Bonchev–Trinajstić information content (AvgIpc) is 2.76. The Hall–Kier alpha value is -1.25. The monoisotopic (exact) mass is 441 g/mol. The Labute approximate surface area is 150 Å². The van der Waals surface area contributed by atoms with E-state index in [1.54, 1.807) is 18.2 Å². The van der Waals surface area contributed by atoms with Crippen LogP contribution < -0.4 is 4.90 Å². The van der Waals surface area contributed by atoms with Crippen LogP contribution in [0.3, 0.4) is 0 Å². The van der Waals surface area contributed by atoms with Crippen LogP contribution in [-0.2, 0) is 4.79 Å². The van der Waals surface area contributed by atoms with Gasteiger partial charge in [-0.2, -0.15) is 0 Å². The van der Waals surface area contributed by atoms with Crippen molar-refractivity contribution in [2.24, 2.45) is 0 Å². The molecule has 2 aromatic carbocycles. The number of nitrogens with zero attached hydrogens (tertiary/aromatic N) is 1. The van der Waals surface area contributed by atoms with Gasteiger partial charge in [-0.15, -0.1) is 0 Å². The van der Waals surface area contributed by atoms with Crippen LogP contribution in [-0.4, -0.2) is 10.2 Å². The second-order valence-electron chi connectivity index (χ2n) is 4.55. The molecule has 1 aliphatic heterocycles. The molecule has 0 aliphatic carbocycles. The fourth-order valence-corrected chi connectivity index (χ4v) is 3.67. The van der Waals surface area contributed by atoms with Gasteiger partial charge < -0.3 is 0 Å². The van der Waals surface area contributed by atoms with Gasteiger partial charge in [0.2, 0.25) is 0 Å². The summed E-state index contributed by atoms with van der Waals surface area (Å²) in [5.41, 5.74) is 1.38. The van der Waals surface area contributed by atoms with Crippen molar-refractivity contribution in [2.75, 3.05) is 4.90 Å². The van der Waals surface area contributed by atoms with E-state index in [1.807, 2.05) is 24.3 Å². The number of carbonyl (C=O) groups is 1. The number of thioether (sulfide) groups is 1. The van der Waals surface area contributed by atoms with Crippen molar-refractivity contribution in [3.63, 3.8) is 0 Å². The van der Waals surface area contributed by atoms with Crippen LogP contribution in [0.5, 0.6) is 0 Å². The van der Waals surface area contributed by atoms with Gasteiger partial charge in [0.25, 0.3) is 5.91 Å². The first-order valence-corrected chi connectivity index (χ1v) is 8.64. The topological polar surface area (TPSA) is 20.3 Å². The van der Waals surface area contributed by atoms with Crippen molar-refractivity contribution in [3.05, 3.63) is 68.4 Å². The molecule has 0 aromatic heterocycles. The molecule has 2 nitrogen and oxygen atoms in total. The summed E-state index contributed by atoms with van der Waals surface area (Å²) in [4.78, 5) is 14.4. The lowest BCUT2D eigenvalue weighted by Gasteiger charge is -2.14. The summed E-state index contributed by atoms with van der Waals surface area (Å²) in [6.45, 7) is 0. The van der Waals surface area contributed by atoms with Gasteiger partial charge in [-0.25, -0.2) is 4.39 Å². The van der Waals surface area contributed by atoms with Gasteiger partial charge in [0.05, 0.1) is 10.6 Å². The Kier molecular flexibility index (Phi) is 4.60. The third-order valence-electron chi connectivity index (χ3n) is 3.03. The summed E-state index contributed by atoms with van der Waals surface area (Å²) in [5.74, 6) is -0.618. The Morgan fingerprint density at radius 1 is 1.18 bits per heavy atom. The molecular formula is C16H9FINOS2. The summed E-state index contributed by atoms with van der Waals surface area (Å²) in [6.07, 6.45) is 1.80. The van der Waals surface area contributed by atoms with Crippen molar-refractivity contribution < 1.29 is 9.18 Å². The van der Waals surface area contributed by atoms with E-state index in [-0.39, 0.29) is 5.91 Å². The second kappa shape index (κ2) is 6.47. The normalized spacial score (nSPS) is 16.6. The minimum Gasteiger partial charge on any atom is -0.268 e. The summed E-state index contributed by atoms with van der Waals surface area (Å²) >= 11 is 8.71. The van der Waals surface area contributed by atoms with E-state index < -0.39 is 5.82 Å². The van der Waals surface area contributed by atoms with Gasteiger partial charge in [-0.3, -0.25) is 9.69 Å². The molecule has 1 aliphatic rings. The van der Waals surface area contributed by atoms with Crippen LogP contribution in [0.4, 0.5) is 10.1 Å². The molecule has 0 spiro atoms. The van der Waals surface area contributed by atoms with E-state index in [2.05, 4.69) is 22.6 Å². The zero-order valence-electron chi connectivity index (χ0n) is 11.1. The lowest BCUT2D eigenvalue weighted by atomic mass is 10.2. The molecule has 6 heteroatoms. The quantitative estimate of drug-likeness (QED) is 0.378. The molecule has 0 radical (unpaired) electrons. The molecular weight excluding hydrogens is 432 g/mol. The summed E-state index contributed by atoms with van der Waals surface area (Å²) in [7, 11) is 0. The van der Waals surface area contributed by atoms with Crippen LogP contribution >= 0.6 is 46.6 Å². The Morgan fingerprint density at radius 3 is 2.59 bits per heavy atom. The first kappa shape index (κ1) is 15.6. The lowest BCUT2D eigenvalue weighted by Crippen LogP contribution is -2.27. The van der Waals surface area contributed by atoms with Crippen LogP contribution in [0.2, 0.25) is 0 Å². The smallest absolute Gasteiger partial charge is 0.268 e. The van der Waals surface area contributed by atoms with Crippen LogP contribution in [0.1, 0.15) is 5.56 Å². The first-order valence-electron chi connectivity index (χ1n) is 6.34. The number of amides is 1.